The van der Waals surface area contributed by atoms with Crippen molar-refractivity contribution in [1.82, 2.24) is 15.6 Å². The minimum atomic E-state index is -4.67. The van der Waals surface area contributed by atoms with Gasteiger partial charge in [0.1, 0.15) is 17.2 Å². The van der Waals surface area contributed by atoms with Crippen LogP contribution in [0.15, 0.2) is 52.7 Å². The number of hydrogen-bond donors (Lipinski definition) is 4. The van der Waals surface area contributed by atoms with E-state index in [2.05, 4.69) is 34.1 Å². The number of allylic oxidation sites excluding steroid dienone is 4. The van der Waals surface area contributed by atoms with Crippen molar-refractivity contribution >= 4 is 40.6 Å². The molecule has 0 aliphatic heterocycles. The Labute approximate surface area is 216 Å². The zero-order chi connectivity index (χ0) is 27.0. The Kier molecular flexibility index (Phi) is 10.5. The molecule has 7 nitrogen and oxygen atoms in total. The normalized spacial score (nSPS) is 15.6. The number of pyridine rings is 1. The molecule has 0 saturated heterocycles. The van der Waals surface area contributed by atoms with Gasteiger partial charge < -0.3 is 26.4 Å². The topological polar surface area (TPSA) is 101 Å². The number of nitrogens with zero attached hydrogens (tertiary/aromatic N) is 1. The molecule has 1 aliphatic rings. The van der Waals surface area contributed by atoms with Gasteiger partial charge in [-0.2, -0.15) is 18.2 Å². The Hall–Kier alpha value is -2.92. The Morgan fingerprint density at radius 2 is 1.92 bits per heavy atom. The third-order valence-corrected chi connectivity index (χ3v) is 5.47. The number of nitrogen functional groups attached to an aromatic ring is 1. The second-order valence-electron chi connectivity index (χ2n) is 8.07. The summed E-state index contributed by atoms with van der Waals surface area (Å²) in [5.41, 5.74) is 5.78. The van der Waals surface area contributed by atoms with Crippen LogP contribution in [0.2, 0.25) is 0 Å². The summed E-state index contributed by atoms with van der Waals surface area (Å²) < 4.78 is 56.5. The second-order valence-corrected chi connectivity index (χ2v) is 9.04. The third kappa shape index (κ3) is 9.27. The molecule has 0 spiro atoms. The molecule has 1 amide bonds. The summed E-state index contributed by atoms with van der Waals surface area (Å²) in [7, 11) is 0. The molecular formula is C23H27Cl2F4N5O2. The Bertz CT molecular complexity index is 1060. The number of carbonyl (C=O) groups excluding carboxylic acids is 1. The van der Waals surface area contributed by atoms with Crippen molar-refractivity contribution in [2.75, 3.05) is 17.7 Å². The van der Waals surface area contributed by atoms with Gasteiger partial charge in [0.15, 0.2) is 12.4 Å². The SMILES string of the molecule is C=C(F)/C=C(Cl)\C(NC(=C)Nc1nc(OCC(F)(F)F)c(C(=O)NC2CCCCC2)cc1N)=C(/C)Cl. The number of alkyl halides is 3. The quantitative estimate of drug-likeness (QED) is 0.203. The summed E-state index contributed by atoms with van der Waals surface area (Å²) in [6.45, 7) is 6.61. The maximum absolute atomic E-state index is 13.1. The highest BCUT2D eigenvalue weighted by Crippen LogP contribution is 2.29. The molecular weight excluding hydrogens is 525 g/mol. The molecule has 1 saturated carbocycles. The van der Waals surface area contributed by atoms with Gasteiger partial charge in [-0.3, -0.25) is 4.79 Å². The highest BCUT2D eigenvalue weighted by molar-refractivity contribution is 6.35. The van der Waals surface area contributed by atoms with Crippen LogP contribution < -0.4 is 26.4 Å². The molecule has 5 N–H and O–H groups in total. The Morgan fingerprint density at radius 3 is 2.47 bits per heavy atom. The highest BCUT2D eigenvalue weighted by Gasteiger charge is 2.30. The number of anilines is 2. The van der Waals surface area contributed by atoms with Gasteiger partial charge in [0, 0.05) is 11.1 Å². The van der Waals surface area contributed by atoms with E-state index in [1.165, 1.54) is 6.92 Å². The van der Waals surface area contributed by atoms with Gasteiger partial charge >= 0.3 is 6.18 Å². The van der Waals surface area contributed by atoms with Crippen LogP contribution in [-0.4, -0.2) is 29.7 Å². The third-order valence-electron chi connectivity index (χ3n) is 4.99. The average molecular weight is 552 g/mol. The monoisotopic (exact) mass is 551 g/mol. The Morgan fingerprint density at radius 1 is 1.28 bits per heavy atom. The van der Waals surface area contributed by atoms with E-state index in [0.29, 0.717) is 0 Å². The van der Waals surface area contributed by atoms with Crippen molar-refractivity contribution < 1.29 is 27.1 Å². The van der Waals surface area contributed by atoms with E-state index in [-0.39, 0.29) is 44.7 Å². The molecule has 1 fully saturated rings. The molecule has 1 aromatic heterocycles. The van der Waals surface area contributed by atoms with Crippen molar-refractivity contribution in [3.8, 4) is 5.88 Å². The number of halogens is 6. The van der Waals surface area contributed by atoms with E-state index in [1.54, 1.807) is 0 Å². The lowest BCUT2D eigenvalue weighted by molar-refractivity contribution is -0.154. The molecule has 0 bridgehead atoms. The first-order valence-corrected chi connectivity index (χ1v) is 11.6. The Balaban J connectivity index is 2.30. The number of amides is 1. The van der Waals surface area contributed by atoms with Crippen LogP contribution in [0, 0.1) is 0 Å². The first kappa shape index (κ1) is 29.3. The van der Waals surface area contributed by atoms with E-state index in [4.69, 9.17) is 33.7 Å². The molecule has 0 unspecified atom stereocenters. The number of rotatable bonds is 10. The number of aromatic nitrogens is 1. The van der Waals surface area contributed by atoms with Gasteiger partial charge in [0.05, 0.1) is 16.4 Å². The van der Waals surface area contributed by atoms with Gasteiger partial charge in [0.2, 0.25) is 5.88 Å². The van der Waals surface area contributed by atoms with E-state index in [0.717, 1.165) is 44.2 Å². The van der Waals surface area contributed by atoms with Crippen LogP contribution in [-0.2, 0) is 0 Å². The molecule has 0 atom stereocenters. The van der Waals surface area contributed by atoms with E-state index in [9.17, 15) is 22.4 Å². The fraction of sp³-hybridized carbons (Fsp3) is 0.391. The fourth-order valence-electron chi connectivity index (χ4n) is 3.39. The zero-order valence-corrected chi connectivity index (χ0v) is 21.0. The van der Waals surface area contributed by atoms with Crippen molar-refractivity contribution in [2.45, 2.75) is 51.2 Å². The molecule has 198 valence electrons. The van der Waals surface area contributed by atoms with E-state index in [1.807, 2.05) is 0 Å². The smallest absolute Gasteiger partial charge is 0.422 e. The minimum absolute atomic E-state index is 0.0126. The molecule has 13 heteroatoms. The molecule has 1 aromatic rings. The summed E-state index contributed by atoms with van der Waals surface area (Å²) in [6.07, 6.45) is 0.721. The van der Waals surface area contributed by atoms with Crippen molar-refractivity contribution in [3.63, 3.8) is 0 Å². The van der Waals surface area contributed by atoms with Crippen molar-refractivity contribution in [2.24, 2.45) is 0 Å². The maximum atomic E-state index is 13.1. The number of hydrogen-bond acceptors (Lipinski definition) is 6. The average Bonchev–Trinajstić information content (AvgIpc) is 2.77. The zero-order valence-electron chi connectivity index (χ0n) is 19.5. The van der Waals surface area contributed by atoms with Crippen LogP contribution in [0.25, 0.3) is 0 Å². The molecule has 0 radical (unpaired) electrons. The summed E-state index contributed by atoms with van der Waals surface area (Å²) in [4.78, 5) is 16.8. The second kappa shape index (κ2) is 12.9. The van der Waals surface area contributed by atoms with E-state index < -0.39 is 30.4 Å². The highest BCUT2D eigenvalue weighted by atomic mass is 35.5. The summed E-state index contributed by atoms with van der Waals surface area (Å²) in [5, 5.41) is 8.18. The lowest BCUT2D eigenvalue weighted by Gasteiger charge is -2.23. The van der Waals surface area contributed by atoms with Crippen molar-refractivity contribution in [3.05, 3.63) is 58.3 Å². The van der Waals surface area contributed by atoms with Crippen LogP contribution in [0.3, 0.4) is 0 Å². The van der Waals surface area contributed by atoms with Crippen LogP contribution in [0.5, 0.6) is 5.88 Å². The van der Waals surface area contributed by atoms with Gasteiger partial charge in [-0.15, -0.1) is 0 Å². The fourth-order valence-corrected chi connectivity index (χ4v) is 3.89. The van der Waals surface area contributed by atoms with Gasteiger partial charge in [-0.25, -0.2) is 4.39 Å². The molecule has 36 heavy (non-hydrogen) atoms. The number of ether oxygens (including phenoxy) is 1. The molecule has 1 heterocycles. The predicted octanol–water partition coefficient (Wildman–Crippen LogP) is 6.22. The lowest BCUT2D eigenvalue weighted by atomic mass is 9.95. The first-order valence-electron chi connectivity index (χ1n) is 10.9. The largest absolute Gasteiger partial charge is 0.467 e. The molecule has 2 rings (SSSR count). The first-order chi connectivity index (χ1) is 16.8. The molecule has 0 aromatic carbocycles. The van der Waals surface area contributed by atoms with E-state index >= 15 is 0 Å². The minimum Gasteiger partial charge on any atom is -0.467 e. The number of carbonyl (C=O) groups is 1. The summed E-state index contributed by atoms with van der Waals surface area (Å²) >= 11 is 12.0. The van der Waals surface area contributed by atoms with Crippen LogP contribution in [0.4, 0.5) is 29.1 Å². The standard InChI is InChI=1S/C23H27Cl2F4N5O2/c1-12(26)9-17(25)19(13(2)24)31-14(3)32-20-18(30)10-16(22(34-20)36-11-23(27,28)29)21(35)33-15-7-5-4-6-8-15/h9-10,15,31H,1,3-8,11,30H2,2H3,(H,32,34)(H,33,35)/b17-9+,19-13-. The van der Waals surface area contributed by atoms with Crippen LogP contribution in [0.1, 0.15) is 49.4 Å². The number of nitrogens with one attached hydrogen (secondary N) is 3. The van der Waals surface area contributed by atoms with Gasteiger partial charge in [-0.1, -0.05) is 55.6 Å². The predicted molar refractivity (Wildman–Crippen MR) is 133 cm³/mol. The summed E-state index contributed by atoms with van der Waals surface area (Å²) in [6, 6.07) is 1.06. The maximum Gasteiger partial charge on any atom is 0.422 e. The van der Waals surface area contributed by atoms with Crippen LogP contribution >= 0.6 is 23.2 Å². The van der Waals surface area contributed by atoms with Crippen molar-refractivity contribution in [1.29, 1.82) is 0 Å². The summed E-state index contributed by atoms with van der Waals surface area (Å²) in [5.74, 6) is -2.20. The lowest BCUT2D eigenvalue weighted by Crippen LogP contribution is -2.36. The van der Waals surface area contributed by atoms with Gasteiger partial charge in [-0.05, 0) is 31.9 Å². The number of nitrogens with two attached hydrogens (primary N) is 1. The van der Waals surface area contributed by atoms with Gasteiger partial charge in [0.25, 0.3) is 5.91 Å². The molecule has 1 aliphatic carbocycles.